The molecule has 0 aliphatic carbocycles. The summed E-state index contributed by atoms with van der Waals surface area (Å²) in [5, 5.41) is 22.3. The van der Waals surface area contributed by atoms with Crippen LogP contribution < -0.4 is 20.7 Å². The Balaban J connectivity index is 1.66. The first-order valence-electron chi connectivity index (χ1n) is 11.0. The van der Waals surface area contributed by atoms with Crippen molar-refractivity contribution in [1.82, 2.24) is 9.97 Å². The summed E-state index contributed by atoms with van der Waals surface area (Å²) in [6.45, 7) is 7.87. The summed E-state index contributed by atoms with van der Waals surface area (Å²) in [5.74, 6) is 0.594. The SMILES string of the molecule is C=CCOc1cc(O)cc(C(=N)c2c(N)ncnc2NC2Cc3ccccc3N(C(=O)C=C)C2)c1. The zero-order chi connectivity index (χ0) is 24.9. The number of hydrogen-bond donors (Lipinski definition) is 4. The maximum Gasteiger partial charge on any atom is 0.250 e. The van der Waals surface area contributed by atoms with Crippen molar-refractivity contribution in [1.29, 1.82) is 5.41 Å². The Hall–Kier alpha value is -4.66. The third kappa shape index (κ3) is 4.98. The lowest BCUT2D eigenvalue weighted by molar-refractivity contribution is -0.114. The molecule has 35 heavy (non-hydrogen) atoms. The number of aromatic nitrogens is 2. The predicted octanol–water partition coefficient (Wildman–Crippen LogP) is 3.30. The number of ether oxygens (including phenoxy) is 1. The van der Waals surface area contributed by atoms with E-state index in [1.165, 1.54) is 24.5 Å². The highest BCUT2D eigenvalue weighted by Gasteiger charge is 2.28. The van der Waals surface area contributed by atoms with E-state index in [1.54, 1.807) is 17.0 Å². The number of carbonyl (C=O) groups excluding carboxylic acids is 1. The van der Waals surface area contributed by atoms with Gasteiger partial charge in [-0.2, -0.15) is 0 Å². The van der Waals surface area contributed by atoms with E-state index in [0.29, 0.717) is 30.1 Å². The van der Waals surface area contributed by atoms with Crippen LogP contribution in [0.25, 0.3) is 0 Å². The van der Waals surface area contributed by atoms with Crippen LogP contribution in [0.2, 0.25) is 0 Å². The van der Waals surface area contributed by atoms with Gasteiger partial charge in [0, 0.05) is 29.9 Å². The van der Waals surface area contributed by atoms with Crippen LogP contribution >= 0.6 is 0 Å². The van der Waals surface area contributed by atoms with E-state index in [0.717, 1.165) is 11.3 Å². The maximum absolute atomic E-state index is 12.5. The molecule has 9 nitrogen and oxygen atoms in total. The second-order valence-electron chi connectivity index (χ2n) is 8.00. The summed E-state index contributed by atoms with van der Waals surface area (Å²) in [5.41, 5.74) is 8.70. The zero-order valence-electron chi connectivity index (χ0n) is 19.1. The van der Waals surface area contributed by atoms with Gasteiger partial charge in [-0.25, -0.2) is 9.97 Å². The van der Waals surface area contributed by atoms with Crippen molar-refractivity contribution in [2.45, 2.75) is 12.5 Å². The fraction of sp³-hybridized carbons (Fsp3) is 0.154. The number of carbonyl (C=O) groups is 1. The van der Waals surface area contributed by atoms with Crippen molar-refractivity contribution in [3.05, 3.63) is 90.8 Å². The molecule has 0 radical (unpaired) electrons. The molecule has 0 spiro atoms. The average molecular weight is 471 g/mol. The Kier molecular flexibility index (Phi) is 6.77. The van der Waals surface area contributed by atoms with Gasteiger partial charge < -0.3 is 25.8 Å². The second-order valence-corrected chi connectivity index (χ2v) is 8.00. The predicted molar refractivity (Wildman–Crippen MR) is 136 cm³/mol. The maximum atomic E-state index is 12.5. The van der Waals surface area contributed by atoms with Crippen LogP contribution in [0.3, 0.4) is 0 Å². The third-order valence-corrected chi connectivity index (χ3v) is 5.61. The minimum atomic E-state index is -0.203. The lowest BCUT2D eigenvalue weighted by atomic mass is 9.97. The van der Waals surface area contributed by atoms with E-state index in [1.807, 2.05) is 24.3 Å². The molecule has 1 aliphatic rings. The molecule has 178 valence electrons. The summed E-state index contributed by atoms with van der Waals surface area (Å²) in [4.78, 5) is 22.6. The lowest BCUT2D eigenvalue weighted by Crippen LogP contribution is -2.45. The molecule has 3 aromatic rings. The van der Waals surface area contributed by atoms with Crippen LogP contribution in [0.1, 0.15) is 16.7 Å². The fourth-order valence-electron chi connectivity index (χ4n) is 4.07. The molecule has 0 bridgehead atoms. The molecule has 5 N–H and O–H groups in total. The molecular formula is C26H26N6O3. The van der Waals surface area contributed by atoms with Crippen molar-refractivity contribution in [3.8, 4) is 11.5 Å². The van der Waals surface area contributed by atoms with Gasteiger partial charge in [0.15, 0.2) is 0 Å². The molecule has 1 aromatic heterocycles. The number of nitrogens with two attached hydrogens (primary N) is 1. The van der Waals surface area contributed by atoms with Gasteiger partial charge in [-0.15, -0.1) is 0 Å². The van der Waals surface area contributed by atoms with Crippen LogP contribution in [0.15, 0.2) is 74.1 Å². The summed E-state index contributed by atoms with van der Waals surface area (Å²) >= 11 is 0. The first-order valence-corrected chi connectivity index (χ1v) is 11.0. The smallest absolute Gasteiger partial charge is 0.250 e. The van der Waals surface area contributed by atoms with Crippen LogP contribution in [0.5, 0.6) is 11.5 Å². The van der Waals surface area contributed by atoms with Gasteiger partial charge in [-0.3, -0.25) is 10.2 Å². The molecule has 4 rings (SSSR count). The minimum absolute atomic E-state index is 0.0141. The number of rotatable bonds is 8. The van der Waals surface area contributed by atoms with Crippen LogP contribution in [0, 0.1) is 5.41 Å². The van der Waals surface area contributed by atoms with Crippen LogP contribution in [-0.4, -0.2) is 45.9 Å². The van der Waals surface area contributed by atoms with Crippen LogP contribution in [0.4, 0.5) is 17.3 Å². The number of benzene rings is 2. The first kappa shape index (κ1) is 23.5. The highest BCUT2D eigenvalue weighted by atomic mass is 16.5. The minimum Gasteiger partial charge on any atom is -0.508 e. The molecule has 1 unspecified atom stereocenters. The van der Waals surface area contributed by atoms with Gasteiger partial charge in [0.1, 0.15) is 36.1 Å². The van der Waals surface area contributed by atoms with E-state index in [9.17, 15) is 9.90 Å². The number of para-hydroxylation sites is 1. The molecule has 1 amide bonds. The Bertz CT molecular complexity index is 1310. The van der Waals surface area contributed by atoms with Gasteiger partial charge in [-0.05, 0) is 36.3 Å². The van der Waals surface area contributed by atoms with Gasteiger partial charge in [0.2, 0.25) is 5.91 Å². The first-order chi connectivity index (χ1) is 16.9. The average Bonchev–Trinajstić information content (AvgIpc) is 2.86. The van der Waals surface area contributed by atoms with Crippen molar-refractivity contribution >= 4 is 28.9 Å². The lowest BCUT2D eigenvalue weighted by Gasteiger charge is -2.35. The number of nitrogens with zero attached hydrogens (tertiary/aromatic N) is 3. The van der Waals surface area contributed by atoms with E-state index in [-0.39, 0.29) is 41.4 Å². The van der Waals surface area contributed by atoms with Crippen molar-refractivity contribution in [3.63, 3.8) is 0 Å². The quantitative estimate of drug-likeness (QED) is 0.225. The largest absolute Gasteiger partial charge is 0.508 e. The molecule has 0 saturated heterocycles. The van der Waals surface area contributed by atoms with Gasteiger partial charge in [-0.1, -0.05) is 37.4 Å². The van der Waals surface area contributed by atoms with E-state index in [2.05, 4.69) is 28.4 Å². The Morgan fingerprint density at radius 3 is 2.86 bits per heavy atom. The van der Waals surface area contributed by atoms with Crippen molar-refractivity contribution < 1.29 is 14.6 Å². The van der Waals surface area contributed by atoms with E-state index >= 15 is 0 Å². The summed E-state index contributed by atoms with van der Waals surface area (Å²) in [6.07, 6.45) is 4.83. The van der Waals surface area contributed by atoms with E-state index < -0.39 is 0 Å². The number of anilines is 3. The molecule has 1 atom stereocenters. The number of amides is 1. The molecule has 1 aliphatic heterocycles. The van der Waals surface area contributed by atoms with E-state index in [4.69, 9.17) is 15.9 Å². The summed E-state index contributed by atoms with van der Waals surface area (Å²) < 4.78 is 5.52. The van der Waals surface area contributed by atoms with Crippen molar-refractivity contribution in [2.24, 2.45) is 0 Å². The second kappa shape index (κ2) is 10.1. The number of phenols is 1. The Morgan fingerprint density at radius 2 is 2.09 bits per heavy atom. The highest BCUT2D eigenvalue weighted by Crippen LogP contribution is 2.31. The molecule has 0 saturated carbocycles. The third-order valence-electron chi connectivity index (χ3n) is 5.61. The molecule has 2 heterocycles. The Labute approximate surface area is 203 Å². The summed E-state index contributed by atoms with van der Waals surface area (Å²) in [6, 6.07) is 12.0. The molecular weight excluding hydrogens is 444 g/mol. The monoisotopic (exact) mass is 470 g/mol. The van der Waals surface area contributed by atoms with Gasteiger partial charge in [0.05, 0.1) is 11.3 Å². The molecule has 9 heteroatoms. The Morgan fingerprint density at radius 1 is 1.29 bits per heavy atom. The standard InChI is InChI=1S/C26H26N6O3/c1-3-9-35-20-12-17(11-19(33)13-20)24(27)23-25(28)29-15-30-26(23)31-18-10-16-7-5-6-8-21(16)32(14-18)22(34)4-2/h3-8,11-13,15,18,27,33H,1-2,9-10,14H2,(H3,28,29,30,31). The number of phenolic OH excluding ortho intramolecular Hbond substituents is 1. The fourth-order valence-corrected chi connectivity index (χ4v) is 4.07. The summed E-state index contributed by atoms with van der Waals surface area (Å²) in [7, 11) is 0. The highest BCUT2D eigenvalue weighted by molar-refractivity contribution is 6.16. The number of fused-ring (bicyclic) bond motifs is 1. The topological polar surface area (TPSA) is 137 Å². The number of nitrogen functional groups attached to an aromatic ring is 1. The van der Waals surface area contributed by atoms with Gasteiger partial charge in [0.25, 0.3) is 0 Å². The zero-order valence-corrected chi connectivity index (χ0v) is 19.1. The number of nitrogens with one attached hydrogen (secondary N) is 2. The van der Waals surface area contributed by atoms with Crippen molar-refractivity contribution in [2.75, 3.05) is 29.1 Å². The molecule has 0 fully saturated rings. The van der Waals surface area contributed by atoms with Crippen LogP contribution in [-0.2, 0) is 11.2 Å². The number of aromatic hydroxyl groups is 1. The normalized spacial score (nSPS) is 14.5. The molecule has 2 aromatic carbocycles. The van der Waals surface area contributed by atoms with Gasteiger partial charge >= 0.3 is 0 Å². The number of hydrogen-bond acceptors (Lipinski definition) is 8.